The van der Waals surface area contributed by atoms with E-state index in [1.165, 1.54) is 0 Å². The molecular weight excluding hydrogens is 418 g/mol. The number of ether oxygens (including phenoxy) is 1. The monoisotopic (exact) mass is 453 g/mol. The van der Waals surface area contributed by atoms with Crippen molar-refractivity contribution in [3.8, 4) is 10.6 Å². The summed E-state index contributed by atoms with van der Waals surface area (Å²) in [6, 6.07) is 3.34. The topological polar surface area (TPSA) is 47.4 Å². The van der Waals surface area contributed by atoms with Crippen LogP contribution in [0, 0.1) is 0 Å². The molecule has 5 nitrogen and oxygen atoms in total. The third kappa shape index (κ3) is 6.20. The first-order valence-corrected chi connectivity index (χ1v) is 15.9. The lowest BCUT2D eigenvalue weighted by Crippen LogP contribution is -2.33. The Morgan fingerprint density at radius 3 is 2.62 bits per heavy atom. The van der Waals surface area contributed by atoms with E-state index in [4.69, 9.17) is 9.84 Å². The molecule has 0 fully saturated rings. The zero-order valence-electron chi connectivity index (χ0n) is 19.0. The summed E-state index contributed by atoms with van der Waals surface area (Å²) in [5.74, 6) is 0.0952. The minimum atomic E-state index is -1.08. The summed E-state index contributed by atoms with van der Waals surface area (Å²) in [7, 11) is 0.793. The van der Waals surface area contributed by atoms with Crippen LogP contribution >= 0.6 is 23.1 Å². The molecule has 162 valence electrons. The van der Waals surface area contributed by atoms with Gasteiger partial charge in [-0.1, -0.05) is 26.6 Å². The minimum Gasteiger partial charge on any atom is -0.360 e. The fraction of sp³-hybridized carbons (Fsp3) is 0.619. The Hall–Kier alpha value is -1.09. The van der Waals surface area contributed by atoms with Crippen molar-refractivity contribution in [1.82, 2.24) is 14.7 Å². The highest BCUT2D eigenvalue weighted by Crippen LogP contribution is 2.41. The van der Waals surface area contributed by atoms with Crippen LogP contribution in [0.2, 0.25) is 25.7 Å². The van der Waals surface area contributed by atoms with E-state index < -0.39 is 8.07 Å². The Kier molecular flexibility index (Phi) is 8.57. The predicted molar refractivity (Wildman–Crippen MR) is 128 cm³/mol. The maximum atomic E-state index is 13.1. The summed E-state index contributed by atoms with van der Waals surface area (Å²) < 4.78 is 8.73. The molecule has 0 radical (unpaired) electrons. The number of rotatable bonds is 10. The van der Waals surface area contributed by atoms with E-state index in [0.717, 1.165) is 45.0 Å². The summed E-state index contributed by atoms with van der Waals surface area (Å²) in [6.07, 6.45) is 4.80. The molecule has 2 aromatic rings. The quantitative estimate of drug-likeness (QED) is 0.263. The minimum absolute atomic E-state index is 0.0952. The number of hydrogen-bond donors (Lipinski definition) is 0. The highest BCUT2D eigenvalue weighted by molar-refractivity contribution is 8.00. The van der Waals surface area contributed by atoms with Crippen LogP contribution in [0.1, 0.15) is 36.7 Å². The average Bonchev–Trinajstić information content (AvgIpc) is 3.26. The average molecular weight is 454 g/mol. The Bertz CT molecular complexity index is 824. The molecular formula is C21H35N3O2S2Si. The number of carbonyl (C=O) groups excluding carboxylic acids is 1. The highest BCUT2D eigenvalue weighted by Gasteiger charge is 2.27. The van der Waals surface area contributed by atoms with Gasteiger partial charge in [0.1, 0.15) is 12.4 Å². The molecule has 0 saturated heterocycles. The zero-order chi connectivity index (χ0) is 21.8. The fourth-order valence-electron chi connectivity index (χ4n) is 2.85. The van der Waals surface area contributed by atoms with Crippen molar-refractivity contribution in [2.75, 3.05) is 19.9 Å². The molecule has 8 heteroatoms. The first-order valence-electron chi connectivity index (χ1n) is 10.2. The second-order valence-electron chi connectivity index (χ2n) is 8.73. The van der Waals surface area contributed by atoms with E-state index >= 15 is 0 Å². The molecule has 0 aliphatic carbocycles. The smallest absolute Gasteiger partial charge is 0.256 e. The van der Waals surface area contributed by atoms with Crippen LogP contribution < -0.4 is 0 Å². The van der Waals surface area contributed by atoms with Gasteiger partial charge in [0.2, 0.25) is 0 Å². The van der Waals surface area contributed by atoms with E-state index in [1.807, 2.05) is 49.0 Å². The number of thioether (sulfide) groups is 1. The number of amides is 1. The van der Waals surface area contributed by atoms with Gasteiger partial charge in [0.05, 0.1) is 14.6 Å². The van der Waals surface area contributed by atoms with Crippen LogP contribution in [0.3, 0.4) is 0 Å². The van der Waals surface area contributed by atoms with Gasteiger partial charge in [-0.05, 0) is 44.2 Å². The Morgan fingerprint density at radius 2 is 2.07 bits per heavy atom. The first kappa shape index (κ1) is 24.2. The second kappa shape index (κ2) is 10.3. The van der Waals surface area contributed by atoms with Crippen molar-refractivity contribution < 1.29 is 9.53 Å². The Morgan fingerprint density at radius 1 is 1.38 bits per heavy atom. The Labute approximate surface area is 184 Å². The summed E-state index contributed by atoms with van der Waals surface area (Å²) in [5.41, 5.74) is 2.86. The van der Waals surface area contributed by atoms with E-state index in [0.29, 0.717) is 6.73 Å². The molecule has 0 spiro atoms. The van der Waals surface area contributed by atoms with E-state index in [9.17, 15) is 4.79 Å². The predicted octanol–water partition coefficient (Wildman–Crippen LogP) is 5.69. The van der Waals surface area contributed by atoms with Crippen molar-refractivity contribution in [1.29, 1.82) is 0 Å². The third-order valence-corrected chi connectivity index (χ3v) is 8.99. The molecule has 29 heavy (non-hydrogen) atoms. The number of thiophene rings is 1. The molecule has 0 aromatic carbocycles. The number of carbonyl (C=O) groups is 1. The molecule has 0 unspecified atom stereocenters. The number of aromatic nitrogens is 2. The fourth-order valence-corrected chi connectivity index (χ4v) is 5.68. The molecule has 0 aliphatic rings. The first-order chi connectivity index (χ1) is 13.6. The lowest BCUT2D eigenvalue weighted by atomic mass is 10.1. The summed E-state index contributed by atoms with van der Waals surface area (Å²) in [4.78, 5) is 16.0. The standard InChI is InChI=1S/C21H35N3O2S2Si/c1-9-16-18(20(25)23(4)15(2)3)21(27-5)28-19(16)17-10-11-24(22-17)14-26-12-13-29(6,7)8/h10-11,15H,9,12-14H2,1-8H3. The van der Waals surface area contributed by atoms with Crippen molar-refractivity contribution in [2.24, 2.45) is 0 Å². The number of hydrogen-bond acceptors (Lipinski definition) is 5. The van der Waals surface area contributed by atoms with Crippen molar-refractivity contribution in [2.45, 2.75) is 69.9 Å². The van der Waals surface area contributed by atoms with Gasteiger partial charge >= 0.3 is 0 Å². The lowest BCUT2D eigenvalue weighted by Gasteiger charge is -2.22. The van der Waals surface area contributed by atoms with Gasteiger partial charge in [0, 0.05) is 34.0 Å². The molecule has 0 N–H and O–H groups in total. The van der Waals surface area contributed by atoms with Gasteiger partial charge in [0.25, 0.3) is 5.91 Å². The molecule has 0 atom stereocenters. The van der Waals surface area contributed by atoms with Crippen LogP contribution in [0.15, 0.2) is 16.5 Å². The largest absolute Gasteiger partial charge is 0.360 e. The van der Waals surface area contributed by atoms with Gasteiger partial charge in [0.15, 0.2) is 0 Å². The molecule has 0 saturated carbocycles. The van der Waals surface area contributed by atoms with Gasteiger partial charge in [-0.3, -0.25) is 4.79 Å². The van der Waals surface area contributed by atoms with E-state index in [-0.39, 0.29) is 11.9 Å². The summed E-state index contributed by atoms with van der Waals surface area (Å²) in [5, 5.41) is 4.73. The third-order valence-electron chi connectivity index (χ3n) is 4.92. The molecule has 2 heterocycles. The molecule has 0 bridgehead atoms. The van der Waals surface area contributed by atoms with Gasteiger partial charge in [-0.15, -0.1) is 23.1 Å². The van der Waals surface area contributed by atoms with Crippen molar-refractivity contribution in [3.05, 3.63) is 23.4 Å². The maximum absolute atomic E-state index is 13.1. The van der Waals surface area contributed by atoms with Crippen molar-refractivity contribution in [3.63, 3.8) is 0 Å². The van der Waals surface area contributed by atoms with Crippen LogP contribution in [-0.2, 0) is 17.9 Å². The zero-order valence-corrected chi connectivity index (χ0v) is 21.7. The van der Waals surface area contributed by atoms with Crippen molar-refractivity contribution >= 4 is 37.1 Å². The number of nitrogens with zero attached hydrogens (tertiary/aromatic N) is 3. The molecule has 2 aromatic heterocycles. The SMILES string of the molecule is CCc1c(-c2ccn(COCC[Si](C)(C)C)n2)sc(SC)c1C(=O)N(C)C(C)C. The summed E-state index contributed by atoms with van der Waals surface area (Å²) in [6.45, 7) is 14.5. The van der Waals surface area contributed by atoms with Crippen LogP contribution in [0.5, 0.6) is 0 Å². The highest BCUT2D eigenvalue weighted by atomic mass is 32.2. The van der Waals surface area contributed by atoms with E-state index in [1.54, 1.807) is 23.1 Å². The van der Waals surface area contributed by atoms with Crippen LogP contribution in [0.4, 0.5) is 0 Å². The Balaban J connectivity index is 2.25. The van der Waals surface area contributed by atoms with Crippen LogP contribution in [0.25, 0.3) is 10.6 Å². The van der Waals surface area contributed by atoms with Gasteiger partial charge < -0.3 is 9.64 Å². The second-order valence-corrected chi connectivity index (χ2v) is 16.4. The van der Waals surface area contributed by atoms with E-state index in [2.05, 4.69) is 26.6 Å². The molecule has 1 amide bonds. The van der Waals surface area contributed by atoms with Gasteiger partial charge in [-0.2, -0.15) is 5.10 Å². The summed E-state index contributed by atoms with van der Waals surface area (Å²) >= 11 is 3.31. The normalized spacial score (nSPS) is 12.0. The lowest BCUT2D eigenvalue weighted by molar-refractivity contribution is 0.0751. The molecule has 2 rings (SSSR count). The van der Waals surface area contributed by atoms with Gasteiger partial charge in [-0.25, -0.2) is 4.68 Å². The maximum Gasteiger partial charge on any atom is 0.256 e. The molecule has 0 aliphatic heterocycles. The van der Waals surface area contributed by atoms with Crippen LogP contribution in [-0.4, -0.2) is 54.6 Å².